The maximum atomic E-state index is 13.0. The largest absolute Gasteiger partial charge is 0.550 e. The number of piperazine rings is 1. The maximum Gasteiger partial charge on any atom is 0.229 e. The number of ether oxygens (including phenoxy) is 1. The molecule has 4 atom stereocenters. The van der Waals surface area contributed by atoms with Gasteiger partial charge in [0, 0.05) is 43.8 Å². The number of carboxylic acid groups (broad SMARTS) is 1. The lowest BCUT2D eigenvalue weighted by molar-refractivity contribution is -0.314. The lowest BCUT2D eigenvalue weighted by Crippen LogP contribution is -2.54. The second-order valence-corrected chi connectivity index (χ2v) is 7.69. The third kappa shape index (κ3) is 2.76. The summed E-state index contributed by atoms with van der Waals surface area (Å²) in [6.45, 7) is 6.97. The van der Waals surface area contributed by atoms with Gasteiger partial charge < -0.3 is 24.4 Å². The van der Waals surface area contributed by atoms with Crippen LogP contribution in [0.15, 0.2) is 18.2 Å². The van der Waals surface area contributed by atoms with Crippen LogP contribution in [0.1, 0.15) is 24.0 Å². The summed E-state index contributed by atoms with van der Waals surface area (Å²) in [5, 5.41) is 11.5. The van der Waals surface area contributed by atoms with Crippen LogP contribution in [0.5, 0.6) is 0 Å². The highest BCUT2D eigenvalue weighted by Crippen LogP contribution is 2.44. The van der Waals surface area contributed by atoms with Gasteiger partial charge in [-0.15, -0.1) is 0 Å². The molecule has 3 saturated heterocycles. The van der Waals surface area contributed by atoms with Crippen molar-refractivity contribution in [1.82, 2.24) is 4.90 Å². The Bertz CT molecular complexity index is 727. The summed E-state index contributed by atoms with van der Waals surface area (Å²) in [7, 11) is 0. The molecule has 0 saturated carbocycles. The highest BCUT2D eigenvalue weighted by molar-refractivity contribution is 5.86. The molecule has 0 unspecified atom stereocenters. The summed E-state index contributed by atoms with van der Waals surface area (Å²) in [6.07, 6.45) is 0.878. The van der Waals surface area contributed by atoms with Gasteiger partial charge in [0.25, 0.3) is 0 Å². The van der Waals surface area contributed by atoms with Crippen molar-refractivity contribution in [2.24, 2.45) is 11.8 Å². The molecule has 6 heteroatoms. The van der Waals surface area contributed by atoms with E-state index in [0.29, 0.717) is 19.5 Å². The Morgan fingerprint density at radius 3 is 2.35 bits per heavy atom. The van der Waals surface area contributed by atoms with E-state index in [9.17, 15) is 14.7 Å². The molecule has 1 aromatic carbocycles. The fourth-order valence-corrected chi connectivity index (χ4v) is 4.75. The van der Waals surface area contributed by atoms with Gasteiger partial charge in [-0.05, 0) is 43.9 Å². The van der Waals surface area contributed by atoms with E-state index in [1.165, 1.54) is 16.8 Å². The van der Waals surface area contributed by atoms with Crippen LogP contribution in [0.25, 0.3) is 0 Å². The predicted octanol–water partition coefficient (Wildman–Crippen LogP) is 0.496. The highest BCUT2D eigenvalue weighted by Gasteiger charge is 2.53. The normalized spacial score (nSPS) is 30.7. The number of anilines is 1. The van der Waals surface area contributed by atoms with Gasteiger partial charge in [0.1, 0.15) is 0 Å². The lowest BCUT2D eigenvalue weighted by Gasteiger charge is -2.39. The molecule has 3 heterocycles. The van der Waals surface area contributed by atoms with Gasteiger partial charge in [0.05, 0.1) is 18.1 Å². The number of carbonyl (C=O) groups is 2. The van der Waals surface area contributed by atoms with Gasteiger partial charge in [-0.25, -0.2) is 0 Å². The average molecular weight is 357 g/mol. The van der Waals surface area contributed by atoms with Gasteiger partial charge in [-0.2, -0.15) is 0 Å². The van der Waals surface area contributed by atoms with E-state index >= 15 is 0 Å². The quantitative estimate of drug-likeness (QED) is 0.787. The molecule has 4 rings (SSSR count). The molecule has 140 valence electrons. The molecular formula is C20H25N2O4-. The van der Waals surface area contributed by atoms with Crippen molar-refractivity contribution in [2.75, 3.05) is 31.1 Å². The number of benzene rings is 1. The lowest BCUT2D eigenvalue weighted by atomic mass is 9.78. The van der Waals surface area contributed by atoms with Crippen molar-refractivity contribution in [2.45, 2.75) is 38.9 Å². The van der Waals surface area contributed by atoms with E-state index < -0.39 is 17.8 Å². The Hall–Kier alpha value is -2.08. The molecule has 2 bridgehead atoms. The number of rotatable bonds is 3. The number of aliphatic carboxylic acids is 1. The number of hydrogen-bond donors (Lipinski definition) is 0. The Morgan fingerprint density at radius 2 is 1.69 bits per heavy atom. The van der Waals surface area contributed by atoms with Crippen LogP contribution >= 0.6 is 0 Å². The van der Waals surface area contributed by atoms with E-state index in [0.717, 1.165) is 19.5 Å². The summed E-state index contributed by atoms with van der Waals surface area (Å²) in [4.78, 5) is 28.6. The zero-order chi connectivity index (χ0) is 18.4. The number of amides is 1. The minimum atomic E-state index is -1.15. The summed E-state index contributed by atoms with van der Waals surface area (Å²) in [6, 6.07) is 6.29. The van der Waals surface area contributed by atoms with Gasteiger partial charge in [-0.1, -0.05) is 12.1 Å². The van der Waals surface area contributed by atoms with Crippen LogP contribution in [0, 0.1) is 25.7 Å². The van der Waals surface area contributed by atoms with Crippen molar-refractivity contribution in [1.29, 1.82) is 0 Å². The number of carbonyl (C=O) groups excluding carboxylic acids is 2. The van der Waals surface area contributed by atoms with Crippen LogP contribution in [0.3, 0.4) is 0 Å². The molecule has 1 aromatic rings. The molecule has 3 fully saturated rings. The standard InChI is InChI=1S/C20H26N2O4/c1-12-4-3-5-14(13(12)2)21-8-10-22(11-9-21)19(23)17-15-6-7-16(26-15)18(17)20(24)25/h3-5,15-18H,6-11H2,1-2H3,(H,24,25)/p-1/t15-,16+,17+,18+/m1/s1. The zero-order valence-electron chi connectivity index (χ0n) is 15.3. The summed E-state index contributed by atoms with van der Waals surface area (Å²) in [5.41, 5.74) is 3.75. The Kier molecular flexibility index (Phi) is 4.39. The van der Waals surface area contributed by atoms with Crippen molar-refractivity contribution in [3.8, 4) is 0 Å². The van der Waals surface area contributed by atoms with E-state index in [1.807, 2.05) is 4.90 Å². The van der Waals surface area contributed by atoms with Gasteiger partial charge >= 0.3 is 0 Å². The first-order valence-electron chi connectivity index (χ1n) is 9.43. The fourth-order valence-electron chi connectivity index (χ4n) is 4.75. The molecule has 0 spiro atoms. The minimum absolute atomic E-state index is 0.0768. The highest BCUT2D eigenvalue weighted by atomic mass is 16.5. The number of aryl methyl sites for hydroxylation is 1. The minimum Gasteiger partial charge on any atom is -0.550 e. The Morgan fingerprint density at radius 1 is 1.04 bits per heavy atom. The topological polar surface area (TPSA) is 72.9 Å². The molecule has 0 radical (unpaired) electrons. The van der Waals surface area contributed by atoms with Gasteiger partial charge in [0.15, 0.2) is 0 Å². The monoisotopic (exact) mass is 357 g/mol. The van der Waals surface area contributed by atoms with E-state index in [-0.39, 0.29) is 18.1 Å². The van der Waals surface area contributed by atoms with Gasteiger partial charge in [-0.3, -0.25) is 4.79 Å². The second-order valence-electron chi connectivity index (χ2n) is 7.69. The number of fused-ring (bicyclic) bond motifs is 2. The number of carboxylic acids is 1. The first-order chi connectivity index (χ1) is 12.5. The predicted molar refractivity (Wildman–Crippen MR) is 94.6 cm³/mol. The van der Waals surface area contributed by atoms with Crippen molar-refractivity contribution in [3.05, 3.63) is 29.3 Å². The molecule has 3 aliphatic rings. The molecule has 0 N–H and O–H groups in total. The summed E-state index contributed by atoms with van der Waals surface area (Å²) >= 11 is 0. The second kappa shape index (κ2) is 6.58. The van der Waals surface area contributed by atoms with Crippen molar-refractivity contribution < 1.29 is 19.4 Å². The maximum absolute atomic E-state index is 13.0. The van der Waals surface area contributed by atoms with Crippen LogP contribution in [0.2, 0.25) is 0 Å². The smallest absolute Gasteiger partial charge is 0.229 e. The fraction of sp³-hybridized carbons (Fsp3) is 0.600. The van der Waals surface area contributed by atoms with E-state index in [1.54, 1.807) is 0 Å². The number of hydrogen-bond acceptors (Lipinski definition) is 5. The third-order valence-corrected chi connectivity index (χ3v) is 6.34. The molecule has 6 nitrogen and oxygen atoms in total. The Balaban J connectivity index is 1.44. The molecule has 0 aromatic heterocycles. The van der Waals surface area contributed by atoms with Gasteiger partial charge in [0.2, 0.25) is 5.91 Å². The molecular weight excluding hydrogens is 332 g/mol. The zero-order valence-corrected chi connectivity index (χ0v) is 15.3. The van der Waals surface area contributed by atoms with Crippen LogP contribution in [-0.4, -0.2) is 55.2 Å². The van der Waals surface area contributed by atoms with Crippen LogP contribution < -0.4 is 10.0 Å². The summed E-state index contributed by atoms with van der Waals surface area (Å²) in [5.74, 6) is -2.60. The molecule has 0 aliphatic carbocycles. The third-order valence-electron chi connectivity index (χ3n) is 6.34. The SMILES string of the molecule is Cc1cccc(N2CCN(C(=O)[C@@H]3[C@@H](C(=O)[O-])[C@@H]4CC[C@H]3O4)CC2)c1C. The average Bonchev–Trinajstić information content (AvgIpc) is 3.25. The van der Waals surface area contributed by atoms with Crippen LogP contribution in [-0.2, 0) is 14.3 Å². The van der Waals surface area contributed by atoms with Crippen molar-refractivity contribution in [3.63, 3.8) is 0 Å². The van der Waals surface area contributed by atoms with E-state index in [4.69, 9.17) is 4.74 Å². The molecule has 1 amide bonds. The van der Waals surface area contributed by atoms with E-state index in [2.05, 4.69) is 36.9 Å². The summed E-state index contributed by atoms with van der Waals surface area (Å²) < 4.78 is 5.71. The number of nitrogens with zero attached hydrogens (tertiary/aromatic N) is 2. The first-order valence-corrected chi connectivity index (χ1v) is 9.43. The van der Waals surface area contributed by atoms with Crippen LogP contribution in [0.4, 0.5) is 5.69 Å². The molecule has 26 heavy (non-hydrogen) atoms. The van der Waals surface area contributed by atoms with Crippen molar-refractivity contribution >= 4 is 17.6 Å². The molecule has 3 aliphatic heterocycles. The first kappa shape index (κ1) is 17.3. The Labute approximate surface area is 153 Å².